The second-order valence-electron chi connectivity index (χ2n) is 5.17. The standard InChI is InChI=1S/C16H22N4S2.HI/c1-2-17-16(18-13-14-5-3-11-21-14)20-9-7-19(8-10-20)15-6-4-12-22-15;/h3-6,11-12H,2,7-10,13H2,1H3,(H,17,18);1H. The number of nitrogens with one attached hydrogen (secondary N) is 1. The molecule has 0 aliphatic carbocycles. The molecule has 0 unspecified atom stereocenters. The van der Waals surface area contributed by atoms with Gasteiger partial charge in [0.1, 0.15) is 0 Å². The molecule has 2 aromatic heterocycles. The number of aliphatic imine (C=N–C) groups is 1. The molecule has 0 atom stereocenters. The van der Waals surface area contributed by atoms with Crippen LogP contribution in [0.3, 0.4) is 0 Å². The number of hydrogen-bond acceptors (Lipinski definition) is 4. The van der Waals surface area contributed by atoms with E-state index >= 15 is 0 Å². The number of anilines is 1. The van der Waals surface area contributed by atoms with Crippen molar-refractivity contribution in [1.82, 2.24) is 10.2 Å². The zero-order valence-corrected chi connectivity index (χ0v) is 17.2. The highest BCUT2D eigenvalue weighted by Crippen LogP contribution is 2.22. The second kappa shape index (κ2) is 9.48. The monoisotopic (exact) mass is 462 g/mol. The third-order valence-corrected chi connectivity index (χ3v) is 5.49. The maximum absolute atomic E-state index is 4.79. The van der Waals surface area contributed by atoms with Gasteiger partial charge in [0.05, 0.1) is 11.5 Å². The molecule has 2 aromatic rings. The topological polar surface area (TPSA) is 30.9 Å². The van der Waals surface area contributed by atoms with Crippen molar-refractivity contribution < 1.29 is 0 Å². The van der Waals surface area contributed by atoms with Gasteiger partial charge in [0, 0.05) is 37.6 Å². The van der Waals surface area contributed by atoms with Crippen LogP contribution in [0.4, 0.5) is 5.00 Å². The number of rotatable bonds is 4. The van der Waals surface area contributed by atoms with Gasteiger partial charge in [-0.25, -0.2) is 4.99 Å². The number of nitrogens with zero attached hydrogens (tertiary/aromatic N) is 3. The lowest BCUT2D eigenvalue weighted by molar-refractivity contribution is 0.373. The molecule has 0 amide bonds. The van der Waals surface area contributed by atoms with Crippen molar-refractivity contribution in [2.24, 2.45) is 4.99 Å². The van der Waals surface area contributed by atoms with Crippen LogP contribution in [0, 0.1) is 0 Å². The lowest BCUT2D eigenvalue weighted by atomic mass is 10.3. The van der Waals surface area contributed by atoms with Gasteiger partial charge in [-0.15, -0.1) is 46.7 Å². The van der Waals surface area contributed by atoms with Crippen molar-refractivity contribution in [1.29, 1.82) is 0 Å². The van der Waals surface area contributed by atoms with Crippen LogP contribution in [0.2, 0.25) is 0 Å². The van der Waals surface area contributed by atoms with E-state index in [-0.39, 0.29) is 24.0 Å². The van der Waals surface area contributed by atoms with Crippen molar-refractivity contribution in [3.8, 4) is 0 Å². The Labute approximate surface area is 163 Å². The van der Waals surface area contributed by atoms with Crippen LogP contribution < -0.4 is 10.2 Å². The highest BCUT2D eigenvalue weighted by atomic mass is 127. The summed E-state index contributed by atoms with van der Waals surface area (Å²) in [6.45, 7) is 7.97. The Morgan fingerprint density at radius 1 is 1.13 bits per heavy atom. The summed E-state index contributed by atoms with van der Waals surface area (Å²) in [6, 6.07) is 8.56. The van der Waals surface area contributed by atoms with E-state index in [2.05, 4.69) is 57.1 Å². The van der Waals surface area contributed by atoms with Crippen molar-refractivity contribution >= 4 is 57.6 Å². The fourth-order valence-electron chi connectivity index (χ4n) is 2.57. The Morgan fingerprint density at radius 3 is 2.48 bits per heavy atom. The molecule has 1 aliphatic rings. The van der Waals surface area contributed by atoms with Gasteiger partial charge < -0.3 is 15.1 Å². The maximum atomic E-state index is 4.79. The van der Waals surface area contributed by atoms with Crippen LogP contribution >= 0.6 is 46.7 Å². The number of hydrogen-bond donors (Lipinski definition) is 1. The van der Waals surface area contributed by atoms with Crippen molar-refractivity contribution in [3.05, 3.63) is 39.9 Å². The lowest BCUT2D eigenvalue weighted by Crippen LogP contribution is -2.52. The molecule has 126 valence electrons. The summed E-state index contributed by atoms with van der Waals surface area (Å²) in [6.07, 6.45) is 0. The summed E-state index contributed by atoms with van der Waals surface area (Å²) in [5.74, 6) is 1.04. The van der Waals surface area contributed by atoms with Gasteiger partial charge in [0.2, 0.25) is 0 Å². The average Bonchev–Trinajstić information content (AvgIpc) is 3.25. The van der Waals surface area contributed by atoms with E-state index < -0.39 is 0 Å². The predicted octanol–water partition coefficient (Wildman–Crippen LogP) is 3.72. The minimum absolute atomic E-state index is 0. The quantitative estimate of drug-likeness (QED) is 0.427. The normalized spacial score (nSPS) is 15.4. The number of guanidine groups is 1. The molecule has 0 radical (unpaired) electrons. The fourth-order valence-corrected chi connectivity index (χ4v) is 3.98. The third-order valence-electron chi connectivity index (χ3n) is 3.70. The summed E-state index contributed by atoms with van der Waals surface area (Å²) in [4.78, 5) is 10.9. The van der Waals surface area contributed by atoms with Crippen molar-refractivity contribution in [3.63, 3.8) is 0 Å². The highest BCUT2D eigenvalue weighted by molar-refractivity contribution is 14.0. The molecule has 0 spiro atoms. The molecule has 0 aromatic carbocycles. The first-order chi connectivity index (χ1) is 10.9. The first-order valence-corrected chi connectivity index (χ1v) is 9.47. The largest absolute Gasteiger partial charge is 0.360 e. The van der Waals surface area contributed by atoms with Crippen LogP contribution in [0.15, 0.2) is 40.0 Å². The van der Waals surface area contributed by atoms with Gasteiger partial charge in [0.15, 0.2) is 5.96 Å². The van der Waals surface area contributed by atoms with E-state index in [0.717, 1.165) is 45.2 Å². The average molecular weight is 462 g/mol. The minimum Gasteiger partial charge on any atom is -0.360 e. The summed E-state index contributed by atoms with van der Waals surface area (Å²) < 4.78 is 0. The first-order valence-electron chi connectivity index (χ1n) is 7.71. The molecular formula is C16H23IN4S2. The van der Waals surface area contributed by atoms with Crippen molar-refractivity contribution in [2.45, 2.75) is 13.5 Å². The summed E-state index contributed by atoms with van der Waals surface area (Å²) in [5.41, 5.74) is 0. The SMILES string of the molecule is CCNC(=NCc1cccs1)N1CCN(c2cccs2)CC1.I. The van der Waals surface area contributed by atoms with Crippen LogP contribution in [0.25, 0.3) is 0 Å². The molecule has 1 saturated heterocycles. The third kappa shape index (κ3) is 5.09. The molecule has 1 aliphatic heterocycles. The van der Waals surface area contributed by atoms with Crippen LogP contribution in [0.5, 0.6) is 0 Å². The molecular weight excluding hydrogens is 439 g/mol. The van der Waals surface area contributed by atoms with Gasteiger partial charge in [0.25, 0.3) is 0 Å². The van der Waals surface area contributed by atoms with Crippen LogP contribution in [-0.4, -0.2) is 43.6 Å². The number of piperazine rings is 1. The van der Waals surface area contributed by atoms with Crippen LogP contribution in [0.1, 0.15) is 11.8 Å². The molecule has 1 N–H and O–H groups in total. The first kappa shape index (κ1) is 18.5. The highest BCUT2D eigenvalue weighted by Gasteiger charge is 2.20. The van der Waals surface area contributed by atoms with E-state index in [9.17, 15) is 0 Å². The van der Waals surface area contributed by atoms with Crippen LogP contribution in [-0.2, 0) is 6.54 Å². The van der Waals surface area contributed by atoms with E-state index in [1.807, 2.05) is 11.3 Å². The molecule has 7 heteroatoms. The molecule has 23 heavy (non-hydrogen) atoms. The Hall–Kier alpha value is -0.800. The fraction of sp³-hybridized carbons (Fsp3) is 0.438. The van der Waals surface area contributed by atoms with E-state index in [1.165, 1.54) is 9.88 Å². The predicted molar refractivity (Wildman–Crippen MR) is 113 cm³/mol. The Morgan fingerprint density at radius 2 is 1.87 bits per heavy atom. The molecule has 0 saturated carbocycles. The van der Waals surface area contributed by atoms with E-state index in [4.69, 9.17) is 4.99 Å². The van der Waals surface area contributed by atoms with E-state index in [0.29, 0.717) is 0 Å². The maximum Gasteiger partial charge on any atom is 0.194 e. The zero-order valence-electron chi connectivity index (χ0n) is 13.3. The van der Waals surface area contributed by atoms with Gasteiger partial charge in [-0.1, -0.05) is 6.07 Å². The molecule has 3 heterocycles. The Kier molecular flexibility index (Phi) is 7.64. The minimum atomic E-state index is 0. The Balaban J connectivity index is 0.00000192. The zero-order chi connectivity index (χ0) is 15.2. The second-order valence-corrected chi connectivity index (χ2v) is 7.13. The smallest absolute Gasteiger partial charge is 0.194 e. The summed E-state index contributed by atoms with van der Waals surface area (Å²) in [7, 11) is 0. The van der Waals surface area contributed by atoms with E-state index in [1.54, 1.807) is 11.3 Å². The molecule has 0 bridgehead atoms. The molecule has 4 nitrogen and oxygen atoms in total. The summed E-state index contributed by atoms with van der Waals surface area (Å²) >= 11 is 3.59. The van der Waals surface area contributed by atoms with Gasteiger partial charge in [-0.05, 0) is 35.9 Å². The van der Waals surface area contributed by atoms with Crippen molar-refractivity contribution in [2.75, 3.05) is 37.6 Å². The van der Waals surface area contributed by atoms with Gasteiger partial charge in [-0.3, -0.25) is 0 Å². The lowest BCUT2D eigenvalue weighted by Gasteiger charge is -2.37. The number of halogens is 1. The Bertz CT molecular complexity index is 575. The summed E-state index contributed by atoms with van der Waals surface area (Å²) in [5, 5.41) is 9.06. The molecule has 1 fully saturated rings. The van der Waals surface area contributed by atoms with Gasteiger partial charge in [-0.2, -0.15) is 0 Å². The molecule has 3 rings (SSSR count). The number of thiophene rings is 2. The van der Waals surface area contributed by atoms with Gasteiger partial charge >= 0.3 is 0 Å².